The lowest BCUT2D eigenvalue weighted by atomic mass is 10.1. The van der Waals surface area contributed by atoms with Crippen molar-refractivity contribution in [3.8, 4) is 5.82 Å². The third kappa shape index (κ3) is 5.89. The molecule has 2 amide bonds. The van der Waals surface area contributed by atoms with E-state index in [2.05, 4.69) is 56.9 Å². The number of amides is 2. The first kappa shape index (κ1) is 23.2. The molecule has 0 fully saturated rings. The van der Waals surface area contributed by atoms with Gasteiger partial charge in [0.05, 0.1) is 17.1 Å². The number of carbonyl (C=O) groups excluding carboxylic acids is 1. The highest BCUT2D eigenvalue weighted by Crippen LogP contribution is 2.22. The maximum Gasteiger partial charge on any atom is 0.319 e. The highest BCUT2D eigenvalue weighted by molar-refractivity contribution is 5.92. The Morgan fingerprint density at radius 3 is 2.71 bits per heavy atom. The van der Waals surface area contributed by atoms with Crippen LogP contribution in [-0.2, 0) is 0 Å². The number of hydrogen-bond acceptors (Lipinski definition) is 5. The van der Waals surface area contributed by atoms with Gasteiger partial charge in [-0.2, -0.15) is 4.98 Å². The first-order chi connectivity index (χ1) is 16.6. The molecule has 0 aliphatic carbocycles. The number of fused-ring (bicyclic) bond motifs is 1. The normalized spacial score (nSPS) is 11.8. The van der Waals surface area contributed by atoms with E-state index in [1.165, 1.54) is 12.8 Å². The van der Waals surface area contributed by atoms with Crippen molar-refractivity contribution in [2.75, 3.05) is 17.2 Å². The number of unbranched alkanes of at least 4 members (excludes halogenated alkanes) is 3. The summed E-state index contributed by atoms with van der Waals surface area (Å²) in [6.45, 7) is 4.92. The highest BCUT2D eigenvalue weighted by atomic mass is 16.2. The molecule has 2 heterocycles. The molecular weight excluding hydrogens is 426 g/mol. The van der Waals surface area contributed by atoms with Gasteiger partial charge in [0.2, 0.25) is 5.95 Å². The minimum Gasteiger partial charge on any atom is -0.348 e. The molecule has 34 heavy (non-hydrogen) atoms. The monoisotopic (exact) mass is 457 g/mol. The quantitative estimate of drug-likeness (QED) is 0.266. The lowest BCUT2D eigenvalue weighted by Crippen LogP contribution is -2.29. The van der Waals surface area contributed by atoms with E-state index >= 15 is 0 Å². The molecular formula is C26H31N7O. The largest absolute Gasteiger partial charge is 0.348 e. The summed E-state index contributed by atoms with van der Waals surface area (Å²) in [4.78, 5) is 25.7. The number of anilines is 2. The van der Waals surface area contributed by atoms with Crippen LogP contribution in [0.2, 0.25) is 0 Å². The Morgan fingerprint density at radius 2 is 1.88 bits per heavy atom. The second-order valence-electron chi connectivity index (χ2n) is 8.27. The Kier molecular flexibility index (Phi) is 7.70. The van der Waals surface area contributed by atoms with Crippen LogP contribution in [0.5, 0.6) is 0 Å². The van der Waals surface area contributed by atoms with Crippen molar-refractivity contribution < 1.29 is 4.79 Å². The molecule has 1 atom stereocenters. The van der Waals surface area contributed by atoms with Crippen LogP contribution in [0.15, 0.2) is 67.1 Å². The predicted molar refractivity (Wildman–Crippen MR) is 136 cm³/mol. The summed E-state index contributed by atoms with van der Waals surface area (Å²) in [5, 5.41) is 9.15. The van der Waals surface area contributed by atoms with E-state index in [0.29, 0.717) is 24.0 Å². The number of benzene rings is 2. The summed E-state index contributed by atoms with van der Waals surface area (Å²) < 4.78 is 1.91. The van der Waals surface area contributed by atoms with Gasteiger partial charge in [0.25, 0.3) is 0 Å². The van der Waals surface area contributed by atoms with Crippen LogP contribution < -0.4 is 16.0 Å². The van der Waals surface area contributed by atoms with Crippen molar-refractivity contribution in [2.45, 2.75) is 45.6 Å². The lowest BCUT2D eigenvalue weighted by Gasteiger charge is -2.14. The van der Waals surface area contributed by atoms with Crippen LogP contribution in [0.25, 0.3) is 16.9 Å². The van der Waals surface area contributed by atoms with Gasteiger partial charge in [-0.3, -0.25) is 4.57 Å². The number of imidazole rings is 1. The molecule has 0 radical (unpaired) electrons. The molecule has 0 spiro atoms. The zero-order valence-corrected chi connectivity index (χ0v) is 19.7. The van der Waals surface area contributed by atoms with Crippen LogP contribution in [0.3, 0.4) is 0 Å². The van der Waals surface area contributed by atoms with Gasteiger partial charge in [-0.1, -0.05) is 56.5 Å². The average molecular weight is 458 g/mol. The van der Waals surface area contributed by atoms with Crippen molar-refractivity contribution in [3.05, 3.63) is 72.7 Å². The Morgan fingerprint density at radius 1 is 1.03 bits per heavy atom. The molecule has 2 aromatic heterocycles. The number of carbonyl (C=O) groups is 1. The summed E-state index contributed by atoms with van der Waals surface area (Å²) >= 11 is 0. The molecule has 0 bridgehead atoms. The highest BCUT2D eigenvalue weighted by Gasteiger charge is 2.11. The summed E-state index contributed by atoms with van der Waals surface area (Å²) in [6.07, 6.45) is 7.96. The number of urea groups is 1. The SMILES string of the molecule is CCCCCCNC(=O)Nc1ccc2c(c1)ncn2-c1ccnc(N[C@@H](C)c2ccccc2)n1. The number of hydrogen-bond donors (Lipinski definition) is 3. The van der Waals surface area contributed by atoms with Gasteiger partial charge in [-0.25, -0.2) is 14.8 Å². The zero-order chi connectivity index (χ0) is 23.8. The van der Waals surface area contributed by atoms with Crippen LogP contribution in [0.1, 0.15) is 51.1 Å². The third-order valence-electron chi connectivity index (χ3n) is 5.65. The van der Waals surface area contributed by atoms with Gasteiger partial charge in [0, 0.05) is 18.4 Å². The number of nitrogens with one attached hydrogen (secondary N) is 3. The van der Waals surface area contributed by atoms with Gasteiger partial charge in [0.15, 0.2) is 0 Å². The van der Waals surface area contributed by atoms with Gasteiger partial charge in [-0.15, -0.1) is 0 Å². The van der Waals surface area contributed by atoms with E-state index < -0.39 is 0 Å². The molecule has 0 saturated heterocycles. The fourth-order valence-corrected chi connectivity index (χ4v) is 3.77. The molecule has 8 heteroatoms. The Labute approximate surface area is 199 Å². The van der Waals surface area contributed by atoms with E-state index in [0.717, 1.165) is 29.4 Å². The minimum absolute atomic E-state index is 0.0717. The molecule has 4 rings (SSSR count). The van der Waals surface area contributed by atoms with Crippen molar-refractivity contribution in [2.24, 2.45) is 0 Å². The standard InChI is InChI=1S/C26H31N7O/c1-3-4-5-9-15-28-26(34)31-21-12-13-23-22(17-21)29-18-33(23)24-14-16-27-25(32-24)30-19(2)20-10-7-6-8-11-20/h6-8,10-14,16-19H,3-5,9,15H2,1-2H3,(H,27,30,32)(H2,28,31,34)/t19-/m0/s1. The van der Waals surface area contributed by atoms with E-state index in [-0.39, 0.29) is 12.1 Å². The molecule has 3 N–H and O–H groups in total. The molecule has 0 saturated carbocycles. The van der Waals surface area contributed by atoms with Gasteiger partial charge >= 0.3 is 6.03 Å². The summed E-state index contributed by atoms with van der Waals surface area (Å²) in [5.41, 5.74) is 3.53. The average Bonchev–Trinajstić information content (AvgIpc) is 3.28. The van der Waals surface area contributed by atoms with E-state index in [1.54, 1.807) is 12.5 Å². The zero-order valence-electron chi connectivity index (χ0n) is 19.7. The Hall–Kier alpha value is -3.94. The number of nitrogens with zero attached hydrogens (tertiary/aromatic N) is 4. The van der Waals surface area contributed by atoms with Gasteiger partial charge in [-0.05, 0) is 43.2 Å². The summed E-state index contributed by atoms with van der Waals surface area (Å²) in [6, 6.07) is 17.6. The van der Waals surface area contributed by atoms with Crippen molar-refractivity contribution in [1.82, 2.24) is 24.8 Å². The fourth-order valence-electron chi connectivity index (χ4n) is 3.77. The molecule has 0 unspecified atom stereocenters. The molecule has 176 valence electrons. The van der Waals surface area contributed by atoms with Gasteiger partial charge in [0.1, 0.15) is 12.1 Å². The third-order valence-corrected chi connectivity index (χ3v) is 5.65. The first-order valence-electron chi connectivity index (χ1n) is 11.8. The van der Waals surface area contributed by atoms with E-state index in [4.69, 9.17) is 0 Å². The van der Waals surface area contributed by atoms with E-state index in [1.807, 2.05) is 47.0 Å². The smallest absolute Gasteiger partial charge is 0.319 e. The van der Waals surface area contributed by atoms with Crippen LogP contribution in [0.4, 0.5) is 16.4 Å². The predicted octanol–water partition coefficient (Wildman–Crippen LogP) is 5.69. The molecule has 0 aliphatic heterocycles. The summed E-state index contributed by atoms with van der Waals surface area (Å²) in [5.74, 6) is 1.26. The molecule has 8 nitrogen and oxygen atoms in total. The van der Waals surface area contributed by atoms with Crippen molar-refractivity contribution in [1.29, 1.82) is 0 Å². The minimum atomic E-state index is -0.200. The van der Waals surface area contributed by atoms with Crippen molar-refractivity contribution in [3.63, 3.8) is 0 Å². The Bertz CT molecular complexity index is 1220. The number of rotatable bonds is 10. The van der Waals surface area contributed by atoms with Crippen molar-refractivity contribution >= 4 is 28.7 Å². The fraction of sp³-hybridized carbons (Fsp3) is 0.308. The number of aromatic nitrogens is 4. The van der Waals surface area contributed by atoms with E-state index in [9.17, 15) is 4.79 Å². The van der Waals surface area contributed by atoms with Crippen LogP contribution >= 0.6 is 0 Å². The van der Waals surface area contributed by atoms with Crippen LogP contribution in [-0.4, -0.2) is 32.1 Å². The van der Waals surface area contributed by atoms with Crippen LogP contribution in [0, 0.1) is 0 Å². The molecule has 4 aromatic rings. The second-order valence-corrected chi connectivity index (χ2v) is 8.27. The second kappa shape index (κ2) is 11.3. The molecule has 0 aliphatic rings. The maximum absolute atomic E-state index is 12.2. The Balaban J connectivity index is 1.43. The molecule has 2 aromatic carbocycles. The lowest BCUT2D eigenvalue weighted by molar-refractivity contribution is 0.252. The maximum atomic E-state index is 12.2. The topological polar surface area (TPSA) is 96.8 Å². The first-order valence-corrected chi connectivity index (χ1v) is 11.8. The summed E-state index contributed by atoms with van der Waals surface area (Å²) in [7, 11) is 0. The van der Waals surface area contributed by atoms with Gasteiger partial charge < -0.3 is 16.0 Å².